The molecule has 2 aromatic rings. The Morgan fingerprint density at radius 2 is 1.89 bits per heavy atom. The van der Waals surface area contributed by atoms with Gasteiger partial charge >= 0.3 is 5.97 Å². The number of amides is 2. The molecule has 0 spiro atoms. The van der Waals surface area contributed by atoms with Crippen LogP contribution in [0.4, 0.5) is 5.69 Å². The molecule has 0 radical (unpaired) electrons. The van der Waals surface area contributed by atoms with E-state index in [-0.39, 0.29) is 22.3 Å². The SMILES string of the molecule is COC(=O)[C@@H]1C(=O)NC(SCC(=O)Nc2c(C)cccc2C)=C(C#N)[C@H]1c1ccc(OC)c(Br)c1. The number of hydrogen-bond acceptors (Lipinski definition) is 7. The maximum absolute atomic E-state index is 13.0. The van der Waals surface area contributed by atoms with E-state index in [4.69, 9.17) is 9.47 Å². The highest BCUT2D eigenvalue weighted by Crippen LogP contribution is 2.42. The number of rotatable bonds is 7. The van der Waals surface area contributed by atoms with E-state index in [2.05, 4.69) is 32.6 Å². The van der Waals surface area contributed by atoms with Crippen LogP contribution in [-0.2, 0) is 19.1 Å². The molecular weight excluding hydrogens is 534 g/mol. The number of nitrogens with one attached hydrogen (secondary N) is 2. The number of methoxy groups -OCH3 is 2. The molecule has 0 unspecified atom stereocenters. The number of thioether (sulfide) groups is 1. The molecule has 1 heterocycles. The first-order valence-electron chi connectivity index (χ1n) is 10.6. The molecule has 0 aromatic heterocycles. The third-order valence-electron chi connectivity index (χ3n) is 5.61. The summed E-state index contributed by atoms with van der Waals surface area (Å²) < 4.78 is 10.7. The van der Waals surface area contributed by atoms with Gasteiger partial charge in [-0.25, -0.2) is 0 Å². The van der Waals surface area contributed by atoms with Crippen LogP contribution in [0.5, 0.6) is 5.75 Å². The van der Waals surface area contributed by atoms with E-state index >= 15 is 0 Å². The number of carbonyl (C=O) groups excluding carboxylic acids is 3. The lowest BCUT2D eigenvalue weighted by atomic mass is 9.78. The van der Waals surface area contributed by atoms with Crippen molar-refractivity contribution in [2.24, 2.45) is 5.92 Å². The van der Waals surface area contributed by atoms with Crippen LogP contribution in [0, 0.1) is 31.1 Å². The molecule has 0 saturated heterocycles. The molecule has 2 aromatic carbocycles. The molecule has 3 rings (SSSR count). The van der Waals surface area contributed by atoms with Crippen LogP contribution in [0.2, 0.25) is 0 Å². The zero-order valence-corrected chi connectivity index (χ0v) is 22.0. The quantitative estimate of drug-likeness (QED) is 0.387. The molecule has 10 heteroatoms. The van der Waals surface area contributed by atoms with Crippen LogP contribution in [0.1, 0.15) is 22.6 Å². The molecule has 35 heavy (non-hydrogen) atoms. The summed E-state index contributed by atoms with van der Waals surface area (Å²) in [5.41, 5.74) is 3.31. The molecule has 2 amide bonds. The summed E-state index contributed by atoms with van der Waals surface area (Å²) in [7, 11) is 2.71. The van der Waals surface area contributed by atoms with Crippen molar-refractivity contribution in [3.05, 3.63) is 68.2 Å². The van der Waals surface area contributed by atoms with Crippen LogP contribution < -0.4 is 15.4 Å². The van der Waals surface area contributed by atoms with Gasteiger partial charge < -0.3 is 20.1 Å². The van der Waals surface area contributed by atoms with Gasteiger partial charge in [-0.3, -0.25) is 14.4 Å². The fourth-order valence-electron chi connectivity index (χ4n) is 3.88. The molecular formula is C25H24BrN3O5S. The molecule has 1 aliphatic rings. The van der Waals surface area contributed by atoms with E-state index in [9.17, 15) is 19.6 Å². The topological polar surface area (TPSA) is 118 Å². The molecule has 0 bridgehead atoms. The number of benzene rings is 2. The van der Waals surface area contributed by atoms with Crippen LogP contribution in [0.25, 0.3) is 0 Å². The highest BCUT2D eigenvalue weighted by molar-refractivity contribution is 9.10. The molecule has 0 aliphatic carbocycles. The van der Waals surface area contributed by atoms with E-state index < -0.39 is 23.7 Å². The summed E-state index contributed by atoms with van der Waals surface area (Å²) >= 11 is 4.44. The highest BCUT2D eigenvalue weighted by Gasteiger charge is 2.44. The number of hydrogen-bond donors (Lipinski definition) is 2. The summed E-state index contributed by atoms with van der Waals surface area (Å²) in [6.45, 7) is 3.80. The Kier molecular flexibility index (Phi) is 8.59. The summed E-state index contributed by atoms with van der Waals surface area (Å²) in [5, 5.41) is 15.8. The largest absolute Gasteiger partial charge is 0.496 e. The van der Waals surface area contributed by atoms with Gasteiger partial charge in [-0.1, -0.05) is 36.0 Å². The minimum atomic E-state index is -1.26. The van der Waals surface area contributed by atoms with Gasteiger partial charge in [-0.15, -0.1) is 0 Å². The summed E-state index contributed by atoms with van der Waals surface area (Å²) in [5.74, 6) is -3.30. The van der Waals surface area contributed by atoms with Gasteiger partial charge in [-0.2, -0.15) is 5.26 Å². The second-order valence-corrected chi connectivity index (χ2v) is 9.66. The number of nitriles is 1. The van der Waals surface area contributed by atoms with E-state index in [1.54, 1.807) is 18.2 Å². The first kappa shape index (κ1) is 26.3. The number of para-hydroxylation sites is 1. The third-order valence-corrected chi connectivity index (χ3v) is 7.25. The van der Waals surface area contributed by atoms with Crippen molar-refractivity contribution >= 4 is 51.2 Å². The maximum atomic E-state index is 13.0. The lowest BCUT2D eigenvalue weighted by Crippen LogP contribution is -2.44. The van der Waals surface area contributed by atoms with E-state index in [1.165, 1.54) is 14.2 Å². The van der Waals surface area contributed by atoms with Gasteiger partial charge in [0.15, 0.2) is 0 Å². The van der Waals surface area contributed by atoms with Crippen LogP contribution in [0.3, 0.4) is 0 Å². The number of anilines is 1. The smallest absolute Gasteiger partial charge is 0.319 e. The average Bonchev–Trinajstić information content (AvgIpc) is 2.84. The van der Waals surface area contributed by atoms with Gasteiger partial charge in [0, 0.05) is 11.6 Å². The molecule has 182 valence electrons. The van der Waals surface area contributed by atoms with Crippen LogP contribution in [0.15, 0.2) is 51.5 Å². The van der Waals surface area contributed by atoms with Crippen molar-refractivity contribution in [3.63, 3.8) is 0 Å². The number of ether oxygens (including phenoxy) is 2. The Labute approximate surface area is 216 Å². The Balaban J connectivity index is 1.94. The predicted molar refractivity (Wildman–Crippen MR) is 137 cm³/mol. The highest BCUT2D eigenvalue weighted by atomic mass is 79.9. The summed E-state index contributed by atoms with van der Waals surface area (Å²) in [6.07, 6.45) is 0. The zero-order valence-electron chi connectivity index (χ0n) is 19.6. The second kappa shape index (κ2) is 11.4. The van der Waals surface area contributed by atoms with Crippen molar-refractivity contribution < 1.29 is 23.9 Å². The number of nitrogens with zero attached hydrogens (tertiary/aromatic N) is 1. The Morgan fingerprint density at radius 3 is 2.46 bits per heavy atom. The van der Waals surface area contributed by atoms with Crippen molar-refractivity contribution in [1.29, 1.82) is 5.26 Å². The predicted octanol–water partition coefficient (Wildman–Crippen LogP) is 4.18. The minimum absolute atomic E-state index is 0.0452. The Hall–Kier alpha value is -3.29. The van der Waals surface area contributed by atoms with Crippen LogP contribution >= 0.6 is 27.7 Å². The number of halogens is 1. The van der Waals surface area contributed by atoms with Gasteiger partial charge in [0.05, 0.1) is 41.1 Å². The van der Waals surface area contributed by atoms with Gasteiger partial charge in [0.1, 0.15) is 11.7 Å². The second-order valence-electron chi connectivity index (χ2n) is 7.82. The summed E-state index contributed by atoms with van der Waals surface area (Å²) in [4.78, 5) is 38.2. The number of aryl methyl sites for hydroxylation is 2. The molecule has 0 fully saturated rings. The van der Waals surface area contributed by atoms with Crippen LogP contribution in [-0.4, -0.2) is 37.8 Å². The number of allylic oxidation sites excluding steroid dienone is 1. The molecule has 1 aliphatic heterocycles. The lowest BCUT2D eigenvalue weighted by molar-refractivity contribution is -0.150. The molecule has 2 atom stereocenters. The average molecular weight is 558 g/mol. The summed E-state index contributed by atoms with van der Waals surface area (Å²) in [6, 6.07) is 12.9. The van der Waals surface area contributed by atoms with Crippen molar-refractivity contribution in [2.75, 3.05) is 25.3 Å². The van der Waals surface area contributed by atoms with Gasteiger partial charge in [0.2, 0.25) is 11.8 Å². The molecule has 0 saturated carbocycles. The first-order valence-corrected chi connectivity index (χ1v) is 12.3. The lowest BCUT2D eigenvalue weighted by Gasteiger charge is -2.31. The van der Waals surface area contributed by atoms with E-state index in [1.807, 2.05) is 32.0 Å². The normalized spacial score (nSPS) is 17.3. The monoisotopic (exact) mass is 557 g/mol. The minimum Gasteiger partial charge on any atom is -0.496 e. The number of esters is 1. The number of carbonyl (C=O) groups is 3. The third kappa shape index (κ3) is 5.69. The fourth-order valence-corrected chi connectivity index (χ4v) is 5.29. The van der Waals surface area contributed by atoms with Gasteiger partial charge in [-0.05, 0) is 58.6 Å². The first-order chi connectivity index (χ1) is 16.7. The Bertz CT molecular complexity index is 1230. The molecule has 2 N–H and O–H groups in total. The fraction of sp³-hybridized carbons (Fsp3) is 0.280. The van der Waals surface area contributed by atoms with E-state index in [0.29, 0.717) is 15.8 Å². The zero-order chi connectivity index (χ0) is 25.7. The van der Waals surface area contributed by atoms with Gasteiger partial charge in [0.25, 0.3) is 0 Å². The van der Waals surface area contributed by atoms with E-state index in [0.717, 1.165) is 28.6 Å². The standard InChI is InChI=1S/C25H24BrN3O5S/c1-13-6-5-7-14(2)22(13)28-19(30)12-35-24-16(11-27)20(21(23(31)29-24)25(32)34-4)15-8-9-18(33-3)17(26)10-15/h5-10,20-21H,12H2,1-4H3,(H,28,30)(H,29,31)/t20-,21+/m1/s1. The maximum Gasteiger partial charge on any atom is 0.319 e. The van der Waals surface area contributed by atoms with Crippen molar-refractivity contribution in [3.8, 4) is 11.8 Å². The van der Waals surface area contributed by atoms with Crippen molar-refractivity contribution in [2.45, 2.75) is 19.8 Å². The Morgan fingerprint density at radius 1 is 1.20 bits per heavy atom. The van der Waals surface area contributed by atoms with Crippen molar-refractivity contribution in [1.82, 2.24) is 5.32 Å². The molecule has 8 nitrogen and oxygen atoms in total.